The smallest absolute Gasteiger partial charge is 0.151 e. The molecule has 0 spiro atoms. The zero-order valence-electron chi connectivity index (χ0n) is 12.6. The number of piperidine rings is 1. The van der Waals surface area contributed by atoms with E-state index in [4.69, 9.17) is 16.3 Å². The lowest BCUT2D eigenvalue weighted by atomic mass is 10.1. The maximum absolute atomic E-state index is 6.20. The van der Waals surface area contributed by atoms with Crippen molar-refractivity contribution in [2.75, 3.05) is 18.0 Å². The second-order valence-corrected chi connectivity index (χ2v) is 5.81. The maximum Gasteiger partial charge on any atom is 0.151 e. The lowest BCUT2D eigenvalue weighted by Crippen LogP contribution is -2.37. The van der Waals surface area contributed by atoms with E-state index in [-0.39, 0.29) is 6.10 Å². The Bertz CT molecular complexity index is 615. The lowest BCUT2D eigenvalue weighted by Gasteiger charge is -2.33. The van der Waals surface area contributed by atoms with Crippen molar-refractivity contribution in [3.63, 3.8) is 0 Å². The molecule has 0 bridgehead atoms. The van der Waals surface area contributed by atoms with Crippen LogP contribution in [-0.4, -0.2) is 34.1 Å². The van der Waals surface area contributed by atoms with Crippen LogP contribution in [0.15, 0.2) is 30.6 Å². The quantitative estimate of drug-likeness (QED) is 0.867. The molecule has 1 saturated heterocycles. The van der Waals surface area contributed by atoms with Crippen LogP contribution in [-0.2, 0) is 11.3 Å². The van der Waals surface area contributed by atoms with Crippen LogP contribution in [0, 0.1) is 6.92 Å². The van der Waals surface area contributed by atoms with Crippen molar-refractivity contribution >= 4 is 17.4 Å². The molecule has 0 unspecified atom stereocenters. The minimum absolute atomic E-state index is 0.264. The molecular formula is C16H19ClN4O. The molecule has 1 aliphatic rings. The predicted molar refractivity (Wildman–Crippen MR) is 86.0 cm³/mol. The number of halogens is 1. The molecule has 0 aliphatic carbocycles. The second-order valence-electron chi connectivity index (χ2n) is 5.41. The first-order valence-electron chi connectivity index (χ1n) is 7.48. The van der Waals surface area contributed by atoms with Gasteiger partial charge in [-0.25, -0.2) is 9.97 Å². The first kappa shape index (κ1) is 15.2. The highest BCUT2D eigenvalue weighted by Crippen LogP contribution is 2.26. The van der Waals surface area contributed by atoms with Gasteiger partial charge in [0.05, 0.1) is 24.6 Å². The average Bonchev–Trinajstić information content (AvgIpc) is 2.57. The lowest BCUT2D eigenvalue weighted by molar-refractivity contribution is 0.0234. The molecule has 116 valence electrons. The summed E-state index contributed by atoms with van der Waals surface area (Å²) in [5.41, 5.74) is 0.972. The highest BCUT2D eigenvalue weighted by atomic mass is 35.5. The van der Waals surface area contributed by atoms with Gasteiger partial charge in [0.25, 0.3) is 0 Å². The van der Waals surface area contributed by atoms with Crippen LogP contribution >= 0.6 is 11.6 Å². The molecule has 5 nitrogen and oxygen atoms in total. The van der Waals surface area contributed by atoms with Gasteiger partial charge in [0.15, 0.2) is 5.82 Å². The Morgan fingerprint density at radius 1 is 1.27 bits per heavy atom. The van der Waals surface area contributed by atoms with Gasteiger partial charge in [-0.1, -0.05) is 17.7 Å². The number of hydrogen-bond donors (Lipinski definition) is 0. The Hall–Kier alpha value is -1.72. The highest BCUT2D eigenvalue weighted by Gasteiger charge is 2.22. The Morgan fingerprint density at radius 3 is 2.82 bits per heavy atom. The summed E-state index contributed by atoms with van der Waals surface area (Å²) in [5, 5.41) is 0.610. The van der Waals surface area contributed by atoms with Gasteiger partial charge in [-0.15, -0.1) is 0 Å². The van der Waals surface area contributed by atoms with Gasteiger partial charge in [-0.05, 0) is 31.9 Å². The van der Waals surface area contributed by atoms with E-state index < -0.39 is 0 Å². The van der Waals surface area contributed by atoms with Crippen molar-refractivity contribution in [1.29, 1.82) is 0 Å². The Kier molecular flexibility index (Phi) is 4.85. The molecule has 0 amide bonds. The number of rotatable bonds is 4. The van der Waals surface area contributed by atoms with Crippen LogP contribution in [0.5, 0.6) is 0 Å². The van der Waals surface area contributed by atoms with Crippen molar-refractivity contribution < 1.29 is 4.74 Å². The molecule has 0 radical (unpaired) electrons. The molecule has 3 rings (SSSR count). The van der Waals surface area contributed by atoms with Crippen LogP contribution in [0.1, 0.15) is 24.4 Å². The maximum atomic E-state index is 6.20. The van der Waals surface area contributed by atoms with Crippen LogP contribution in [0.3, 0.4) is 0 Å². The molecule has 6 heteroatoms. The third-order valence-electron chi connectivity index (χ3n) is 3.78. The number of pyridine rings is 1. The van der Waals surface area contributed by atoms with Crippen molar-refractivity contribution in [1.82, 2.24) is 15.0 Å². The Balaban J connectivity index is 1.53. The number of aryl methyl sites for hydroxylation is 1. The predicted octanol–water partition coefficient (Wildman–Crippen LogP) is 3.02. The molecule has 1 fully saturated rings. The summed E-state index contributed by atoms with van der Waals surface area (Å²) in [6.45, 7) is 4.23. The summed E-state index contributed by atoms with van der Waals surface area (Å²) in [4.78, 5) is 15.0. The zero-order valence-corrected chi connectivity index (χ0v) is 13.3. The summed E-state index contributed by atoms with van der Waals surface area (Å²) in [6, 6.07) is 5.88. The van der Waals surface area contributed by atoms with Crippen LogP contribution in [0.25, 0.3) is 0 Å². The van der Waals surface area contributed by atoms with E-state index in [0.29, 0.717) is 11.6 Å². The van der Waals surface area contributed by atoms with Crippen molar-refractivity contribution in [2.24, 2.45) is 0 Å². The molecular weight excluding hydrogens is 300 g/mol. The fourth-order valence-electron chi connectivity index (χ4n) is 2.59. The molecule has 1 aliphatic heterocycles. The SMILES string of the molecule is Cc1ncc(Cl)c(N2CCC(OCc3ccccn3)CC2)n1. The van der Waals surface area contributed by atoms with Crippen LogP contribution < -0.4 is 4.90 Å². The summed E-state index contributed by atoms with van der Waals surface area (Å²) >= 11 is 6.20. The number of nitrogens with zero attached hydrogens (tertiary/aromatic N) is 4. The summed E-state index contributed by atoms with van der Waals surface area (Å²) in [7, 11) is 0. The van der Waals surface area contributed by atoms with Gasteiger partial charge >= 0.3 is 0 Å². The fraction of sp³-hybridized carbons (Fsp3) is 0.438. The molecule has 22 heavy (non-hydrogen) atoms. The van der Waals surface area contributed by atoms with E-state index in [1.807, 2.05) is 25.1 Å². The molecule has 2 aromatic heterocycles. The first-order valence-corrected chi connectivity index (χ1v) is 7.86. The van der Waals surface area contributed by atoms with Gasteiger partial charge in [0.1, 0.15) is 10.8 Å². The van der Waals surface area contributed by atoms with Crippen molar-refractivity contribution in [3.05, 3.63) is 47.1 Å². The first-order chi connectivity index (χ1) is 10.7. The average molecular weight is 319 g/mol. The molecule has 0 aromatic carbocycles. The number of hydrogen-bond acceptors (Lipinski definition) is 5. The number of ether oxygens (including phenoxy) is 1. The number of aromatic nitrogens is 3. The van der Waals surface area contributed by atoms with Crippen molar-refractivity contribution in [2.45, 2.75) is 32.5 Å². The van der Waals surface area contributed by atoms with E-state index in [2.05, 4.69) is 19.9 Å². The largest absolute Gasteiger partial charge is 0.372 e. The van der Waals surface area contributed by atoms with E-state index in [1.54, 1.807) is 12.4 Å². The Morgan fingerprint density at radius 2 is 2.09 bits per heavy atom. The van der Waals surface area contributed by atoms with Gasteiger partial charge in [0.2, 0.25) is 0 Å². The zero-order chi connectivity index (χ0) is 15.4. The van der Waals surface area contributed by atoms with Gasteiger partial charge < -0.3 is 9.64 Å². The summed E-state index contributed by atoms with van der Waals surface area (Å²) in [5.74, 6) is 1.57. The minimum atomic E-state index is 0.264. The third-order valence-corrected chi connectivity index (χ3v) is 4.05. The summed E-state index contributed by atoms with van der Waals surface area (Å²) in [6.07, 6.45) is 5.65. The standard InChI is InChI=1S/C16H19ClN4O/c1-12-19-10-15(17)16(20-12)21-8-5-14(6-9-21)22-11-13-4-2-3-7-18-13/h2-4,7,10,14H,5-6,8-9,11H2,1H3. The minimum Gasteiger partial charge on any atom is -0.372 e. The van der Waals surface area contributed by atoms with E-state index in [9.17, 15) is 0 Å². The summed E-state index contributed by atoms with van der Waals surface area (Å²) < 4.78 is 5.95. The Labute approximate surface area is 135 Å². The molecule has 0 N–H and O–H groups in total. The monoisotopic (exact) mass is 318 g/mol. The molecule has 3 heterocycles. The highest BCUT2D eigenvalue weighted by molar-refractivity contribution is 6.32. The third kappa shape index (κ3) is 3.72. The topological polar surface area (TPSA) is 51.1 Å². The molecule has 0 atom stereocenters. The molecule has 2 aromatic rings. The van der Waals surface area contributed by atoms with Gasteiger partial charge in [-0.2, -0.15) is 0 Å². The second kappa shape index (κ2) is 7.03. The van der Waals surface area contributed by atoms with E-state index in [0.717, 1.165) is 43.3 Å². The number of anilines is 1. The van der Waals surface area contributed by atoms with E-state index >= 15 is 0 Å². The molecule has 0 saturated carbocycles. The van der Waals surface area contributed by atoms with Gasteiger partial charge in [-0.3, -0.25) is 4.98 Å². The fourth-order valence-corrected chi connectivity index (χ4v) is 2.80. The van der Waals surface area contributed by atoms with Crippen LogP contribution in [0.2, 0.25) is 5.02 Å². The normalized spacial score (nSPS) is 16.0. The van der Waals surface area contributed by atoms with Crippen LogP contribution in [0.4, 0.5) is 5.82 Å². The van der Waals surface area contributed by atoms with Gasteiger partial charge in [0, 0.05) is 19.3 Å². The van der Waals surface area contributed by atoms with E-state index in [1.165, 1.54) is 0 Å². The van der Waals surface area contributed by atoms with Crippen molar-refractivity contribution in [3.8, 4) is 0 Å².